The minimum Gasteiger partial charge on any atom is -0.464 e. The predicted octanol–water partition coefficient (Wildman–Crippen LogP) is 0.694. The molecule has 5 nitrogen and oxygen atoms in total. The van der Waals surface area contributed by atoms with Gasteiger partial charge in [0.05, 0.1) is 7.11 Å². The van der Waals surface area contributed by atoms with E-state index in [2.05, 4.69) is 27.3 Å². The number of rotatable bonds is 2. The molecule has 0 atom stereocenters. The normalized spacial score (nSPS) is 9.08. The maximum Gasteiger partial charge on any atom is 0.358 e. The van der Waals surface area contributed by atoms with Gasteiger partial charge in [0, 0.05) is 13.1 Å². The molecular formula is C8H9N3O2. The number of nitrogens with zero attached hydrogens (tertiary/aromatic N) is 3. The molecule has 1 heterocycles. The fourth-order valence-corrected chi connectivity index (χ4v) is 0.847. The Labute approximate surface area is 75.3 Å². The number of aliphatic imine (C=N–C) groups is 1. The molecule has 0 fully saturated rings. The van der Waals surface area contributed by atoms with E-state index in [9.17, 15) is 4.79 Å². The van der Waals surface area contributed by atoms with E-state index < -0.39 is 5.97 Å². The number of ether oxygens (including phenoxy) is 1. The zero-order chi connectivity index (χ0) is 9.84. The zero-order valence-electron chi connectivity index (χ0n) is 7.44. The van der Waals surface area contributed by atoms with Crippen molar-refractivity contribution in [3.63, 3.8) is 0 Å². The Bertz CT molecular complexity index is 375. The van der Waals surface area contributed by atoms with E-state index in [1.165, 1.54) is 17.9 Å². The minimum absolute atomic E-state index is 0.221. The second-order valence-corrected chi connectivity index (χ2v) is 2.27. The number of methoxy groups -OCH3 is 1. The highest BCUT2D eigenvalue weighted by Gasteiger charge is 2.11. The van der Waals surface area contributed by atoms with E-state index in [4.69, 9.17) is 0 Å². The van der Waals surface area contributed by atoms with E-state index in [1.54, 1.807) is 7.05 Å². The van der Waals surface area contributed by atoms with Crippen LogP contribution in [0.2, 0.25) is 0 Å². The molecule has 0 saturated heterocycles. The molecule has 0 bridgehead atoms. The molecule has 0 unspecified atom stereocenters. The fraction of sp³-hybridized carbons (Fsp3) is 0.250. The lowest BCUT2D eigenvalue weighted by atomic mass is 10.4. The Morgan fingerprint density at radius 1 is 1.85 bits per heavy atom. The molecule has 0 aromatic carbocycles. The topological polar surface area (TPSA) is 56.5 Å². The van der Waals surface area contributed by atoms with E-state index in [0.29, 0.717) is 5.82 Å². The highest BCUT2D eigenvalue weighted by atomic mass is 16.5. The Balaban J connectivity index is 3.08. The summed E-state index contributed by atoms with van der Waals surface area (Å²) in [5.74, 6) is 2.38. The lowest BCUT2D eigenvalue weighted by Gasteiger charge is -1.90. The number of aromatic nitrogens is 2. The van der Waals surface area contributed by atoms with Crippen LogP contribution in [0.15, 0.2) is 17.6 Å². The predicted molar refractivity (Wildman–Crippen MR) is 47.3 cm³/mol. The average Bonchev–Trinajstić information content (AvgIpc) is 2.47. The molecule has 0 spiro atoms. The van der Waals surface area contributed by atoms with Gasteiger partial charge in [-0.25, -0.2) is 9.48 Å². The summed E-state index contributed by atoms with van der Waals surface area (Å²) in [6, 6.07) is 1.50. The van der Waals surface area contributed by atoms with Crippen molar-refractivity contribution in [1.82, 2.24) is 9.78 Å². The number of hydrogen-bond donors (Lipinski definition) is 0. The van der Waals surface area contributed by atoms with Crippen molar-refractivity contribution < 1.29 is 9.53 Å². The van der Waals surface area contributed by atoms with Crippen LogP contribution >= 0.6 is 0 Å². The lowest BCUT2D eigenvalue weighted by molar-refractivity contribution is 0.0593. The number of aryl methyl sites for hydroxylation is 1. The first kappa shape index (κ1) is 9.22. The fourth-order valence-electron chi connectivity index (χ4n) is 0.847. The summed E-state index contributed by atoms with van der Waals surface area (Å²) in [7, 11) is 2.97. The first-order valence-corrected chi connectivity index (χ1v) is 3.54. The van der Waals surface area contributed by atoms with Crippen LogP contribution < -0.4 is 0 Å². The molecule has 1 rings (SSSR count). The van der Waals surface area contributed by atoms with Gasteiger partial charge in [-0.1, -0.05) is 0 Å². The third-order valence-corrected chi connectivity index (χ3v) is 1.44. The van der Waals surface area contributed by atoms with Crippen molar-refractivity contribution >= 4 is 17.7 Å². The largest absolute Gasteiger partial charge is 0.464 e. The molecule has 1 aromatic heterocycles. The molecule has 0 N–H and O–H groups in total. The van der Waals surface area contributed by atoms with Crippen LogP contribution in [0.4, 0.5) is 5.82 Å². The van der Waals surface area contributed by atoms with Gasteiger partial charge in [0.2, 0.25) is 0 Å². The minimum atomic E-state index is -0.485. The maximum absolute atomic E-state index is 11.0. The summed E-state index contributed by atoms with van der Waals surface area (Å²) in [5.41, 5.74) is 0.221. The van der Waals surface area contributed by atoms with Gasteiger partial charge >= 0.3 is 5.97 Å². The molecule has 0 amide bonds. The number of esters is 1. The third kappa shape index (κ3) is 1.83. The molecule has 0 aliphatic rings. The van der Waals surface area contributed by atoms with Crippen LogP contribution in [0.25, 0.3) is 0 Å². The van der Waals surface area contributed by atoms with E-state index >= 15 is 0 Å². The highest BCUT2D eigenvalue weighted by molar-refractivity contribution is 5.88. The van der Waals surface area contributed by atoms with E-state index in [-0.39, 0.29) is 5.69 Å². The third-order valence-electron chi connectivity index (χ3n) is 1.44. The SMILES string of the molecule is C=C=Nc1cc(C(=O)OC)nn1C. The molecule has 5 heteroatoms. The number of carbonyl (C=O) groups is 1. The summed E-state index contributed by atoms with van der Waals surface area (Å²) < 4.78 is 5.94. The van der Waals surface area contributed by atoms with Crippen molar-refractivity contribution in [2.24, 2.45) is 12.0 Å². The molecular weight excluding hydrogens is 170 g/mol. The van der Waals surface area contributed by atoms with Crippen LogP contribution in [-0.4, -0.2) is 28.7 Å². The average molecular weight is 179 g/mol. The second kappa shape index (κ2) is 3.69. The smallest absolute Gasteiger partial charge is 0.358 e. The molecule has 0 aliphatic heterocycles. The number of hydrogen-bond acceptors (Lipinski definition) is 4. The van der Waals surface area contributed by atoms with Gasteiger partial charge in [-0.3, -0.25) is 0 Å². The van der Waals surface area contributed by atoms with Crippen molar-refractivity contribution in [1.29, 1.82) is 0 Å². The summed E-state index contributed by atoms with van der Waals surface area (Å²) >= 11 is 0. The molecule has 13 heavy (non-hydrogen) atoms. The molecule has 0 saturated carbocycles. The Kier molecular flexibility index (Phi) is 2.62. The van der Waals surface area contributed by atoms with Gasteiger partial charge in [-0.2, -0.15) is 10.1 Å². The van der Waals surface area contributed by atoms with Gasteiger partial charge in [0.1, 0.15) is 0 Å². The van der Waals surface area contributed by atoms with Crippen molar-refractivity contribution in [2.45, 2.75) is 0 Å². The van der Waals surface area contributed by atoms with Gasteiger partial charge in [0.15, 0.2) is 11.5 Å². The molecule has 1 aromatic rings. The first-order chi connectivity index (χ1) is 6.19. The summed E-state index contributed by atoms with van der Waals surface area (Å²) in [6.45, 7) is 3.32. The summed E-state index contributed by atoms with van der Waals surface area (Å²) in [6.07, 6.45) is 0. The lowest BCUT2D eigenvalue weighted by Crippen LogP contribution is -2.02. The second-order valence-electron chi connectivity index (χ2n) is 2.27. The molecule has 0 radical (unpaired) electrons. The van der Waals surface area contributed by atoms with Crippen LogP contribution in [0, 0.1) is 0 Å². The van der Waals surface area contributed by atoms with Crippen LogP contribution in [0.5, 0.6) is 0 Å². The highest BCUT2D eigenvalue weighted by Crippen LogP contribution is 2.12. The Morgan fingerprint density at radius 3 is 3.08 bits per heavy atom. The maximum atomic E-state index is 11.0. The Hall–Kier alpha value is -1.87. The summed E-state index contributed by atoms with van der Waals surface area (Å²) in [4.78, 5) is 14.8. The summed E-state index contributed by atoms with van der Waals surface area (Å²) in [5, 5.41) is 3.88. The van der Waals surface area contributed by atoms with Crippen molar-refractivity contribution in [3.8, 4) is 0 Å². The van der Waals surface area contributed by atoms with Crippen molar-refractivity contribution in [3.05, 3.63) is 18.3 Å². The Morgan fingerprint density at radius 2 is 2.54 bits per heavy atom. The van der Waals surface area contributed by atoms with Crippen LogP contribution in [-0.2, 0) is 11.8 Å². The van der Waals surface area contributed by atoms with Gasteiger partial charge in [0.25, 0.3) is 0 Å². The van der Waals surface area contributed by atoms with Gasteiger partial charge in [-0.05, 0) is 12.4 Å². The standard InChI is InChI=1S/C8H9N3O2/c1-4-9-7-5-6(8(12)13-3)10-11(7)2/h5H,1H2,2-3H3. The van der Waals surface area contributed by atoms with Crippen molar-refractivity contribution in [2.75, 3.05) is 7.11 Å². The van der Waals surface area contributed by atoms with Crippen LogP contribution in [0.1, 0.15) is 10.5 Å². The number of carbonyl (C=O) groups excluding carboxylic acids is 1. The van der Waals surface area contributed by atoms with E-state index in [1.807, 2.05) is 0 Å². The van der Waals surface area contributed by atoms with Gasteiger partial charge in [-0.15, -0.1) is 0 Å². The van der Waals surface area contributed by atoms with Crippen LogP contribution in [0.3, 0.4) is 0 Å². The quantitative estimate of drug-likeness (QED) is 0.496. The molecule has 68 valence electrons. The van der Waals surface area contributed by atoms with Gasteiger partial charge < -0.3 is 4.74 Å². The monoisotopic (exact) mass is 179 g/mol. The van der Waals surface area contributed by atoms with E-state index in [0.717, 1.165) is 0 Å². The first-order valence-electron chi connectivity index (χ1n) is 3.54. The zero-order valence-corrected chi connectivity index (χ0v) is 7.44. The molecule has 0 aliphatic carbocycles.